The molecule has 69 heavy (non-hydrogen) atoms. The molecule has 0 saturated carbocycles. The van der Waals surface area contributed by atoms with Gasteiger partial charge in [0, 0.05) is 67.7 Å². The standard InChI is InChI=1S/C65H42N2O2/c1-4-19-45(20-5-1)66(49-37-38-59-62(42-49)68-60-31-17-16-30-58(60)65(59)56-28-14-12-26-52(56)53-27-13-15-29-57(53)65)48-35-32-44(33-36-48)54-40-50(67(46-21-6-2-7-22-46)47-23-8-3-9-24-47)41-55-63-51-25-11-10-18-43(51)34-39-61(63)69-64(54)55/h1-42H. The van der Waals surface area contributed by atoms with Crippen LogP contribution in [0, 0.1) is 0 Å². The van der Waals surface area contributed by atoms with E-state index in [1.807, 2.05) is 0 Å². The molecule has 4 heteroatoms. The minimum Gasteiger partial charge on any atom is -0.457 e. The van der Waals surface area contributed by atoms with Crippen molar-refractivity contribution in [1.82, 2.24) is 0 Å². The molecule has 4 nitrogen and oxygen atoms in total. The first-order valence-electron chi connectivity index (χ1n) is 23.6. The number of furan rings is 1. The van der Waals surface area contributed by atoms with Crippen molar-refractivity contribution in [3.05, 3.63) is 277 Å². The number of para-hydroxylation sites is 4. The third kappa shape index (κ3) is 5.95. The Labute approximate surface area is 400 Å². The van der Waals surface area contributed by atoms with Gasteiger partial charge in [-0.2, -0.15) is 0 Å². The molecule has 0 atom stereocenters. The molecule has 1 aliphatic heterocycles. The summed E-state index contributed by atoms with van der Waals surface area (Å²) in [5.41, 5.74) is 16.9. The average molecular weight is 883 g/mol. The van der Waals surface area contributed by atoms with Crippen molar-refractivity contribution in [1.29, 1.82) is 0 Å². The fourth-order valence-corrected chi connectivity index (χ4v) is 11.4. The SMILES string of the molecule is c1ccc(N(c2ccc(-c3cc(N(c4ccccc4)c4ccccc4)cc4c3oc3ccc5ccccc5c34)cc2)c2ccc3c(c2)Oc2ccccc2C32c3ccccc3-c3ccccc32)cc1. The Morgan fingerprint density at radius 2 is 0.841 bits per heavy atom. The second kappa shape index (κ2) is 15.5. The van der Waals surface area contributed by atoms with Crippen LogP contribution in [0.3, 0.4) is 0 Å². The molecule has 0 saturated heterocycles. The monoisotopic (exact) mass is 882 g/mol. The first-order valence-corrected chi connectivity index (χ1v) is 23.6. The van der Waals surface area contributed by atoms with E-state index in [2.05, 4.69) is 265 Å². The van der Waals surface area contributed by atoms with Crippen molar-refractivity contribution >= 4 is 66.8 Å². The van der Waals surface area contributed by atoms with E-state index < -0.39 is 5.41 Å². The molecule has 0 radical (unpaired) electrons. The van der Waals surface area contributed by atoms with Gasteiger partial charge in [-0.05, 0) is 117 Å². The molecule has 1 spiro atoms. The predicted octanol–water partition coefficient (Wildman–Crippen LogP) is 17.8. The highest BCUT2D eigenvalue weighted by Crippen LogP contribution is 2.62. The van der Waals surface area contributed by atoms with E-state index in [0.717, 1.165) is 89.8 Å². The first-order chi connectivity index (χ1) is 34.2. The van der Waals surface area contributed by atoms with Crippen LogP contribution in [0.4, 0.5) is 34.1 Å². The molecule has 11 aromatic carbocycles. The first kappa shape index (κ1) is 39.1. The smallest absolute Gasteiger partial charge is 0.143 e. The van der Waals surface area contributed by atoms with E-state index in [1.54, 1.807) is 0 Å². The Balaban J connectivity index is 0.941. The topological polar surface area (TPSA) is 28.9 Å². The molecule has 12 aromatic rings. The van der Waals surface area contributed by atoms with Crippen molar-refractivity contribution < 1.29 is 9.15 Å². The fraction of sp³-hybridized carbons (Fsp3) is 0.0154. The number of ether oxygens (including phenoxy) is 1. The molecule has 2 aliphatic rings. The van der Waals surface area contributed by atoms with Crippen molar-refractivity contribution in [2.45, 2.75) is 5.41 Å². The number of rotatable bonds is 7. The van der Waals surface area contributed by atoms with Gasteiger partial charge >= 0.3 is 0 Å². The molecule has 2 heterocycles. The Morgan fingerprint density at radius 1 is 0.319 bits per heavy atom. The molecule has 0 unspecified atom stereocenters. The van der Waals surface area contributed by atoms with E-state index in [-0.39, 0.29) is 0 Å². The molecule has 0 bridgehead atoms. The molecular weight excluding hydrogens is 841 g/mol. The molecule has 1 aliphatic carbocycles. The fourth-order valence-electron chi connectivity index (χ4n) is 11.4. The summed E-state index contributed by atoms with van der Waals surface area (Å²) in [5, 5.41) is 4.53. The zero-order chi connectivity index (χ0) is 45.5. The zero-order valence-corrected chi connectivity index (χ0v) is 37.5. The number of anilines is 6. The molecule has 324 valence electrons. The van der Waals surface area contributed by atoms with E-state index in [0.29, 0.717) is 0 Å². The Morgan fingerprint density at radius 3 is 1.51 bits per heavy atom. The summed E-state index contributed by atoms with van der Waals surface area (Å²) in [4.78, 5) is 4.66. The van der Waals surface area contributed by atoms with Crippen LogP contribution in [-0.2, 0) is 5.41 Å². The molecule has 14 rings (SSSR count). The van der Waals surface area contributed by atoms with Gasteiger partial charge in [-0.25, -0.2) is 0 Å². The summed E-state index contributed by atoms with van der Waals surface area (Å²) in [6.45, 7) is 0. The maximum atomic E-state index is 6.98. The normalized spacial score (nSPS) is 12.9. The van der Waals surface area contributed by atoms with Crippen LogP contribution in [0.2, 0.25) is 0 Å². The predicted molar refractivity (Wildman–Crippen MR) is 283 cm³/mol. The van der Waals surface area contributed by atoms with Crippen molar-refractivity contribution in [3.63, 3.8) is 0 Å². The molecule has 0 fully saturated rings. The quantitative estimate of drug-likeness (QED) is 0.159. The van der Waals surface area contributed by atoms with Crippen LogP contribution in [-0.4, -0.2) is 0 Å². The minimum absolute atomic E-state index is 0.533. The summed E-state index contributed by atoms with van der Waals surface area (Å²) in [7, 11) is 0. The molecule has 0 N–H and O–H groups in total. The summed E-state index contributed by atoms with van der Waals surface area (Å²) >= 11 is 0. The highest BCUT2D eigenvalue weighted by molar-refractivity contribution is 6.21. The maximum Gasteiger partial charge on any atom is 0.143 e. The van der Waals surface area contributed by atoms with E-state index in [4.69, 9.17) is 9.15 Å². The van der Waals surface area contributed by atoms with Crippen LogP contribution in [0.25, 0.3) is 55.0 Å². The lowest BCUT2D eigenvalue weighted by molar-refractivity contribution is 0.436. The Kier molecular flexibility index (Phi) is 8.77. The van der Waals surface area contributed by atoms with Gasteiger partial charge < -0.3 is 19.0 Å². The summed E-state index contributed by atoms with van der Waals surface area (Å²) in [6, 6.07) is 91.2. The van der Waals surface area contributed by atoms with Gasteiger partial charge in [-0.15, -0.1) is 0 Å². The van der Waals surface area contributed by atoms with Crippen molar-refractivity contribution in [3.8, 4) is 33.8 Å². The van der Waals surface area contributed by atoms with Crippen LogP contribution in [0.15, 0.2) is 259 Å². The lowest BCUT2D eigenvalue weighted by atomic mass is 9.66. The van der Waals surface area contributed by atoms with Crippen LogP contribution in [0.5, 0.6) is 11.5 Å². The number of hydrogen-bond acceptors (Lipinski definition) is 4. The van der Waals surface area contributed by atoms with Gasteiger partial charge in [0.2, 0.25) is 0 Å². The zero-order valence-electron chi connectivity index (χ0n) is 37.5. The minimum atomic E-state index is -0.533. The third-order valence-electron chi connectivity index (χ3n) is 14.3. The number of benzene rings is 11. The summed E-state index contributed by atoms with van der Waals surface area (Å²) in [5.74, 6) is 1.71. The highest BCUT2D eigenvalue weighted by Gasteiger charge is 2.51. The maximum absolute atomic E-state index is 6.98. The lowest BCUT2D eigenvalue weighted by Gasteiger charge is -2.40. The van der Waals surface area contributed by atoms with Gasteiger partial charge in [0.1, 0.15) is 22.7 Å². The third-order valence-corrected chi connectivity index (χ3v) is 14.3. The average Bonchev–Trinajstić information content (AvgIpc) is 3.94. The van der Waals surface area contributed by atoms with Gasteiger partial charge in [0.25, 0.3) is 0 Å². The summed E-state index contributed by atoms with van der Waals surface area (Å²) < 4.78 is 13.9. The van der Waals surface area contributed by atoms with Gasteiger partial charge in [-0.1, -0.05) is 170 Å². The van der Waals surface area contributed by atoms with Crippen molar-refractivity contribution in [2.75, 3.05) is 9.80 Å². The van der Waals surface area contributed by atoms with Crippen LogP contribution < -0.4 is 14.5 Å². The second-order valence-electron chi connectivity index (χ2n) is 18.0. The lowest BCUT2D eigenvalue weighted by Crippen LogP contribution is -2.32. The van der Waals surface area contributed by atoms with E-state index >= 15 is 0 Å². The van der Waals surface area contributed by atoms with E-state index in [9.17, 15) is 0 Å². The summed E-state index contributed by atoms with van der Waals surface area (Å²) in [6.07, 6.45) is 0. The number of nitrogens with zero attached hydrogens (tertiary/aromatic N) is 2. The molecular formula is C65H42N2O2. The number of hydrogen-bond donors (Lipinski definition) is 0. The molecule has 1 aromatic heterocycles. The van der Waals surface area contributed by atoms with Gasteiger partial charge in [0.05, 0.1) is 5.41 Å². The van der Waals surface area contributed by atoms with Gasteiger partial charge in [0.15, 0.2) is 0 Å². The second-order valence-corrected chi connectivity index (χ2v) is 18.0. The highest BCUT2D eigenvalue weighted by atomic mass is 16.5. The van der Waals surface area contributed by atoms with Crippen LogP contribution in [0.1, 0.15) is 22.3 Å². The van der Waals surface area contributed by atoms with Gasteiger partial charge in [-0.3, -0.25) is 0 Å². The van der Waals surface area contributed by atoms with E-state index in [1.165, 1.54) is 33.0 Å². The molecule has 0 amide bonds. The largest absolute Gasteiger partial charge is 0.457 e. The number of fused-ring (bicyclic) bond motifs is 14. The van der Waals surface area contributed by atoms with Crippen LogP contribution >= 0.6 is 0 Å². The Bertz CT molecular complexity index is 3850. The Hall–Kier alpha value is -9.12. The van der Waals surface area contributed by atoms with Crippen molar-refractivity contribution in [2.24, 2.45) is 0 Å².